The Balaban J connectivity index is 0. The van der Waals surface area contributed by atoms with E-state index < -0.39 is 5.97 Å². The molecule has 0 aromatic rings. The molecular weight excluding hydrogens is 155 g/mol. The molecular formula is C7H13NaO3. The van der Waals surface area contributed by atoms with Gasteiger partial charge in [-0.3, -0.25) is 0 Å². The first-order chi connectivity index (χ1) is 4.77. The van der Waals surface area contributed by atoms with Crippen molar-refractivity contribution in [2.75, 3.05) is 6.61 Å². The zero-order valence-electron chi connectivity index (χ0n) is 7.01. The maximum Gasteiger partial charge on any atom is 1.00 e. The third-order valence-corrected chi connectivity index (χ3v) is 1.29. The molecule has 0 unspecified atom stereocenters. The van der Waals surface area contributed by atoms with Gasteiger partial charge in [0.25, 0.3) is 0 Å². The molecule has 0 amide bonds. The molecule has 0 saturated heterocycles. The van der Waals surface area contributed by atoms with Gasteiger partial charge in [-0.15, -0.1) is 0 Å². The van der Waals surface area contributed by atoms with Crippen LogP contribution in [0, 0.1) is 0 Å². The molecule has 4 heteroatoms. The Morgan fingerprint density at radius 3 is 2.18 bits per heavy atom. The fourth-order valence-electron chi connectivity index (χ4n) is 0.735. The first-order valence-corrected chi connectivity index (χ1v) is 3.58. The Hall–Kier alpha value is 0.430. The Labute approximate surface area is 89.1 Å². The van der Waals surface area contributed by atoms with Crippen molar-refractivity contribution >= 4 is 5.97 Å². The minimum Gasteiger partial charge on any atom is -0.550 e. The first-order valence-electron chi connectivity index (χ1n) is 3.58. The molecule has 60 valence electrons. The second kappa shape index (κ2) is 10.4. The van der Waals surface area contributed by atoms with Crippen LogP contribution in [0.25, 0.3) is 0 Å². The van der Waals surface area contributed by atoms with Gasteiger partial charge in [0, 0.05) is 12.6 Å². The van der Waals surface area contributed by atoms with E-state index in [4.69, 9.17) is 5.11 Å². The number of aliphatic hydroxyl groups excluding tert-OH is 1. The maximum absolute atomic E-state index is 9.87. The zero-order valence-corrected chi connectivity index (χ0v) is 9.01. The van der Waals surface area contributed by atoms with Gasteiger partial charge in [0.15, 0.2) is 0 Å². The van der Waals surface area contributed by atoms with E-state index in [0.717, 1.165) is 19.3 Å². The number of carbonyl (C=O) groups excluding carboxylic acids is 1. The van der Waals surface area contributed by atoms with Crippen LogP contribution in [-0.2, 0) is 4.79 Å². The van der Waals surface area contributed by atoms with Gasteiger partial charge in [-0.25, -0.2) is 0 Å². The molecule has 0 aromatic heterocycles. The fraction of sp³-hybridized carbons (Fsp3) is 0.857. The van der Waals surface area contributed by atoms with Gasteiger partial charge in [0.1, 0.15) is 0 Å². The van der Waals surface area contributed by atoms with Crippen molar-refractivity contribution in [1.29, 1.82) is 0 Å². The van der Waals surface area contributed by atoms with E-state index in [0.29, 0.717) is 6.42 Å². The molecule has 0 aliphatic heterocycles. The van der Waals surface area contributed by atoms with Crippen LogP contribution in [0.4, 0.5) is 0 Å². The number of hydrogen-bond acceptors (Lipinski definition) is 3. The number of rotatable bonds is 6. The van der Waals surface area contributed by atoms with E-state index in [-0.39, 0.29) is 42.6 Å². The van der Waals surface area contributed by atoms with Gasteiger partial charge in [-0.05, 0) is 19.3 Å². The quantitative estimate of drug-likeness (QED) is 0.333. The second-order valence-corrected chi connectivity index (χ2v) is 2.26. The summed E-state index contributed by atoms with van der Waals surface area (Å²) in [5.74, 6) is -0.982. The summed E-state index contributed by atoms with van der Waals surface area (Å²) in [5.41, 5.74) is 0. The van der Waals surface area contributed by atoms with E-state index in [1.807, 2.05) is 0 Å². The molecule has 0 spiro atoms. The summed E-state index contributed by atoms with van der Waals surface area (Å²) in [6.45, 7) is 0.200. The van der Waals surface area contributed by atoms with Crippen molar-refractivity contribution in [3.8, 4) is 0 Å². The molecule has 1 N–H and O–H groups in total. The standard InChI is InChI=1S/C7H14O3.Na/c8-6-4-2-1-3-5-7(9)10;/h8H,1-6H2,(H,9,10);/q;+1/p-1. The van der Waals surface area contributed by atoms with Crippen molar-refractivity contribution in [3.63, 3.8) is 0 Å². The van der Waals surface area contributed by atoms with Crippen LogP contribution < -0.4 is 34.7 Å². The van der Waals surface area contributed by atoms with Gasteiger partial charge in [0.2, 0.25) is 0 Å². The number of aliphatic carboxylic acids is 1. The van der Waals surface area contributed by atoms with Crippen molar-refractivity contribution < 1.29 is 44.6 Å². The molecule has 3 nitrogen and oxygen atoms in total. The third kappa shape index (κ3) is 13.4. The predicted molar refractivity (Wildman–Crippen MR) is 35.2 cm³/mol. The SMILES string of the molecule is O=C([O-])CCCCCCO.[Na+]. The van der Waals surface area contributed by atoms with Crippen molar-refractivity contribution in [1.82, 2.24) is 0 Å². The molecule has 0 fully saturated rings. The number of unbranched alkanes of at least 4 members (excludes halogenated alkanes) is 3. The summed E-state index contributed by atoms with van der Waals surface area (Å²) in [7, 11) is 0. The van der Waals surface area contributed by atoms with Crippen LogP contribution in [0.1, 0.15) is 32.1 Å². The Kier molecular flexibility index (Phi) is 13.3. The van der Waals surface area contributed by atoms with Crippen LogP contribution in [-0.4, -0.2) is 17.7 Å². The molecule has 0 aliphatic carbocycles. The van der Waals surface area contributed by atoms with Gasteiger partial charge >= 0.3 is 29.6 Å². The van der Waals surface area contributed by atoms with E-state index >= 15 is 0 Å². The van der Waals surface area contributed by atoms with Crippen LogP contribution in [0.3, 0.4) is 0 Å². The summed E-state index contributed by atoms with van der Waals surface area (Å²) in [6, 6.07) is 0. The monoisotopic (exact) mass is 168 g/mol. The minimum atomic E-state index is -0.982. The molecule has 0 rings (SSSR count). The van der Waals surface area contributed by atoms with Crippen molar-refractivity contribution in [2.24, 2.45) is 0 Å². The number of carbonyl (C=O) groups is 1. The molecule has 0 aromatic carbocycles. The average Bonchev–Trinajstić information content (AvgIpc) is 1.87. The van der Waals surface area contributed by atoms with Crippen LogP contribution in [0.15, 0.2) is 0 Å². The Bertz CT molecular complexity index is 95.7. The Morgan fingerprint density at radius 1 is 1.18 bits per heavy atom. The summed E-state index contributed by atoms with van der Waals surface area (Å²) in [4.78, 5) is 9.87. The average molecular weight is 168 g/mol. The van der Waals surface area contributed by atoms with Gasteiger partial charge in [-0.1, -0.05) is 12.8 Å². The van der Waals surface area contributed by atoms with Crippen LogP contribution in [0.5, 0.6) is 0 Å². The smallest absolute Gasteiger partial charge is 0.550 e. The molecule has 0 heterocycles. The van der Waals surface area contributed by atoms with Gasteiger partial charge in [0.05, 0.1) is 0 Å². The van der Waals surface area contributed by atoms with Crippen LogP contribution in [0.2, 0.25) is 0 Å². The molecule has 11 heavy (non-hydrogen) atoms. The van der Waals surface area contributed by atoms with E-state index in [2.05, 4.69) is 0 Å². The van der Waals surface area contributed by atoms with E-state index in [1.165, 1.54) is 0 Å². The molecule has 0 atom stereocenters. The van der Waals surface area contributed by atoms with E-state index in [9.17, 15) is 9.90 Å². The number of carboxylic acid groups (broad SMARTS) is 1. The summed E-state index contributed by atoms with van der Waals surface area (Å²) in [5, 5.41) is 18.2. The minimum absolute atomic E-state index is 0. The summed E-state index contributed by atoms with van der Waals surface area (Å²) >= 11 is 0. The second-order valence-electron chi connectivity index (χ2n) is 2.26. The van der Waals surface area contributed by atoms with Crippen LogP contribution >= 0.6 is 0 Å². The van der Waals surface area contributed by atoms with Gasteiger partial charge in [-0.2, -0.15) is 0 Å². The number of hydrogen-bond donors (Lipinski definition) is 1. The molecule has 0 radical (unpaired) electrons. The predicted octanol–water partition coefficient (Wildman–Crippen LogP) is -3.32. The topological polar surface area (TPSA) is 60.4 Å². The summed E-state index contributed by atoms with van der Waals surface area (Å²) in [6.07, 6.45) is 3.36. The molecule has 0 saturated carbocycles. The first kappa shape index (κ1) is 14.0. The molecule has 0 aliphatic rings. The third-order valence-electron chi connectivity index (χ3n) is 1.29. The largest absolute Gasteiger partial charge is 1.00 e. The number of carboxylic acids is 1. The fourth-order valence-corrected chi connectivity index (χ4v) is 0.735. The van der Waals surface area contributed by atoms with E-state index in [1.54, 1.807) is 0 Å². The Morgan fingerprint density at radius 2 is 1.73 bits per heavy atom. The maximum atomic E-state index is 9.87. The van der Waals surface area contributed by atoms with Crippen molar-refractivity contribution in [3.05, 3.63) is 0 Å². The van der Waals surface area contributed by atoms with Gasteiger partial charge < -0.3 is 15.0 Å². The molecule has 0 bridgehead atoms. The zero-order chi connectivity index (χ0) is 7.82. The number of aliphatic hydroxyl groups is 1. The summed E-state index contributed by atoms with van der Waals surface area (Å²) < 4.78 is 0. The normalized spacial score (nSPS) is 8.82. The van der Waals surface area contributed by atoms with Crippen molar-refractivity contribution in [2.45, 2.75) is 32.1 Å².